The zero-order valence-electron chi connectivity index (χ0n) is 35.2. The van der Waals surface area contributed by atoms with E-state index in [1.807, 2.05) is 55.5 Å². The van der Waals surface area contributed by atoms with Crippen LogP contribution < -0.4 is 18.9 Å². The smallest absolute Gasteiger partial charge is 0.345 e. The second-order valence-electron chi connectivity index (χ2n) is 14.8. The van der Waals surface area contributed by atoms with E-state index in [2.05, 4.69) is 31.8 Å². The number of fused-ring (bicyclic) bond motifs is 1. The molecule has 1 N–H and O–H groups in total. The van der Waals surface area contributed by atoms with Crippen LogP contribution in [0.1, 0.15) is 16.8 Å². The highest BCUT2D eigenvalue weighted by atomic mass is 35.5. The maximum atomic E-state index is 14.2. The third-order valence-electron chi connectivity index (χ3n) is 10.8. The molecule has 1 aliphatic heterocycles. The topological polar surface area (TPSA) is 132 Å². The van der Waals surface area contributed by atoms with Crippen LogP contribution in [0.2, 0.25) is 5.02 Å². The van der Waals surface area contributed by atoms with Crippen LogP contribution in [0.3, 0.4) is 0 Å². The van der Waals surface area contributed by atoms with Crippen molar-refractivity contribution < 1.29 is 33.2 Å². The number of carbonyl (C=O) groups is 1. The number of aliphatic carboxylic acids is 1. The Morgan fingerprint density at radius 3 is 2.36 bits per heavy atom. The highest BCUT2D eigenvalue weighted by Crippen LogP contribution is 2.49. The first kappa shape index (κ1) is 47.9. The van der Waals surface area contributed by atoms with Gasteiger partial charge < -0.3 is 29.0 Å². The summed E-state index contributed by atoms with van der Waals surface area (Å²) in [7, 11) is 3.72. The molecule has 0 radical (unpaired) electrons. The SMILES string of the molecule is COc1ccccc1-c1nccc(COc2ccccc2C[C@@H](Oc2ncnc3sc(-c4ccc(F)cc4)c(-c4ccc(OCCN5CCN(C)CC5)c(Cl)c4C)c23)C(=O)O)n1.Cl.Cl. The number of para-hydroxylation sites is 2. The summed E-state index contributed by atoms with van der Waals surface area (Å²) in [5.74, 6) is 0.665. The van der Waals surface area contributed by atoms with E-state index in [0.717, 1.165) is 59.9 Å². The summed E-state index contributed by atoms with van der Waals surface area (Å²) in [6.45, 7) is 7.26. The number of nitrogens with zero attached hydrogens (tertiary/aromatic N) is 6. The number of halogens is 4. The Bertz CT molecular complexity index is 2700. The first-order chi connectivity index (χ1) is 30.2. The number of likely N-dealkylation sites (N-methyl/N-ethyl adjacent to an activating group) is 1. The minimum absolute atomic E-state index is 0. The number of piperazine rings is 1. The normalized spacial score (nSPS) is 13.4. The summed E-state index contributed by atoms with van der Waals surface area (Å²) in [5, 5.41) is 11.6. The van der Waals surface area contributed by atoms with Crippen LogP contribution in [0, 0.1) is 12.7 Å². The van der Waals surface area contributed by atoms with Crippen molar-refractivity contribution in [2.75, 3.05) is 53.5 Å². The summed E-state index contributed by atoms with van der Waals surface area (Å²) in [6, 6.07) is 26.4. The third-order valence-corrected chi connectivity index (χ3v) is 12.4. The summed E-state index contributed by atoms with van der Waals surface area (Å²) in [5.41, 5.74) is 4.86. The van der Waals surface area contributed by atoms with Crippen LogP contribution in [-0.4, -0.2) is 100 Å². The van der Waals surface area contributed by atoms with Gasteiger partial charge in [0, 0.05) is 55.8 Å². The predicted molar refractivity (Wildman–Crippen MR) is 252 cm³/mol. The summed E-state index contributed by atoms with van der Waals surface area (Å²) >= 11 is 8.42. The number of ether oxygens (including phenoxy) is 4. The Kier molecular flexibility index (Phi) is 16.3. The minimum atomic E-state index is -1.38. The van der Waals surface area contributed by atoms with Gasteiger partial charge in [0.05, 0.1) is 28.8 Å². The quantitative estimate of drug-likeness (QED) is 0.0990. The maximum absolute atomic E-state index is 14.2. The molecule has 1 fully saturated rings. The fourth-order valence-electron chi connectivity index (χ4n) is 7.37. The third kappa shape index (κ3) is 10.8. The number of carboxylic acid groups (broad SMARTS) is 1. The van der Waals surface area contributed by atoms with Crippen molar-refractivity contribution >= 4 is 63.9 Å². The van der Waals surface area contributed by atoms with Crippen molar-refractivity contribution in [1.29, 1.82) is 0 Å². The molecule has 0 unspecified atom stereocenters. The highest BCUT2D eigenvalue weighted by Gasteiger charge is 2.28. The molecule has 4 aromatic carbocycles. The number of hydrogen-bond acceptors (Lipinski definition) is 12. The Morgan fingerprint density at radius 2 is 1.61 bits per heavy atom. The van der Waals surface area contributed by atoms with E-state index in [4.69, 9.17) is 35.5 Å². The molecular formula is C47H46Cl3FN6O6S. The molecule has 1 aliphatic rings. The van der Waals surface area contributed by atoms with Gasteiger partial charge in [-0.05, 0) is 78.7 Å². The number of thiophene rings is 1. The van der Waals surface area contributed by atoms with Gasteiger partial charge in [-0.25, -0.2) is 29.1 Å². The van der Waals surface area contributed by atoms with Crippen LogP contribution in [0.5, 0.6) is 23.1 Å². The molecule has 64 heavy (non-hydrogen) atoms. The molecule has 7 aromatic rings. The second-order valence-corrected chi connectivity index (χ2v) is 16.2. The van der Waals surface area contributed by atoms with Gasteiger partial charge in [-0.3, -0.25) is 4.90 Å². The standard InChI is InChI=1S/C47H44ClFN6O6S.2ClH/c1-29-34(16-17-38(42(29)48)59-25-24-55-22-20-54(2)21-23-55)40-41-45(51-28-52-46(41)62-43(40)30-12-14-32(49)15-13-30)61-39(47(56)57)26-31-8-4-6-10-36(31)60-27-33-18-19-50-44(53-33)35-9-5-7-11-37(35)58-3;;/h4-19,28,39H,20-27H2,1-3H3,(H,56,57);2*1H/t39-;;/m1../s1. The largest absolute Gasteiger partial charge is 0.496 e. The fraction of sp³-hybridized carbons (Fsp3) is 0.255. The van der Waals surface area contributed by atoms with E-state index < -0.39 is 12.1 Å². The molecule has 0 amide bonds. The van der Waals surface area contributed by atoms with Gasteiger partial charge in [0.1, 0.15) is 47.4 Å². The average molecular weight is 948 g/mol. The molecule has 17 heteroatoms. The zero-order chi connectivity index (χ0) is 43.2. The van der Waals surface area contributed by atoms with Crippen LogP contribution in [0.4, 0.5) is 4.39 Å². The van der Waals surface area contributed by atoms with E-state index in [0.29, 0.717) is 61.7 Å². The van der Waals surface area contributed by atoms with E-state index in [1.165, 1.54) is 29.8 Å². The maximum Gasteiger partial charge on any atom is 0.345 e. The fourth-order valence-corrected chi connectivity index (χ4v) is 8.74. The minimum Gasteiger partial charge on any atom is -0.496 e. The van der Waals surface area contributed by atoms with Gasteiger partial charge in [0.15, 0.2) is 5.82 Å². The van der Waals surface area contributed by atoms with Crippen LogP contribution in [0.25, 0.3) is 43.2 Å². The number of carboxylic acids is 1. The molecule has 0 spiro atoms. The lowest BCUT2D eigenvalue weighted by Gasteiger charge is -2.32. The van der Waals surface area contributed by atoms with Crippen molar-refractivity contribution in [1.82, 2.24) is 29.7 Å². The first-order valence-corrected chi connectivity index (χ1v) is 21.3. The molecule has 12 nitrogen and oxygen atoms in total. The van der Waals surface area contributed by atoms with Gasteiger partial charge in [0.2, 0.25) is 12.0 Å². The molecule has 0 aliphatic carbocycles. The number of hydrogen-bond donors (Lipinski definition) is 1. The monoisotopic (exact) mass is 946 g/mol. The number of methoxy groups -OCH3 is 1. The molecule has 4 heterocycles. The predicted octanol–water partition coefficient (Wildman–Crippen LogP) is 9.72. The van der Waals surface area contributed by atoms with E-state index in [-0.39, 0.29) is 49.5 Å². The highest BCUT2D eigenvalue weighted by molar-refractivity contribution is 7.22. The average Bonchev–Trinajstić information content (AvgIpc) is 3.68. The van der Waals surface area contributed by atoms with Gasteiger partial charge >= 0.3 is 5.97 Å². The summed E-state index contributed by atoms with van der Waals surface area (Å²) in [6.07, 6.45) is 1.57. The second kappa shape index (κ2) is 21.8. The van der Waals surface area contributed by atoms with E-state index >= 15 is 0 Å². The van der Waals surface area contributed by atoms with Crippen molar-refractivity contribution in [2.45, 2.75) is 26.1 Å². The molecule has 0 saturated carbocycles. The lowest BCUT2D eigenvalue weighted by atomic mass is 9.96. The van der Waals surface area contributed by atoms with Gasteiger partial charge in [-0.15, -0.1) is 36.2 Å². The van der Waals surface area contributed by atoms with Gasteiger partial charge in [-0.2, -0.15) is 0 Å². The number of rotatable bonds is 16. The molecule has 3 aromatic heterocycles. The van der Waals surface area contributed by atoms with Crippen molar-refractivity contribution in [3.8, 4) is 56.1 Å². The summed E-state index contributed by atoms with van der Waals surface area (Å²) < 4.78 is 38.6. The molecule has 1 saturated heterocycles. The van der Waals surface area contributed by atoms with Crippen molar-refractivity contribution in [3.05, 3.63) is 131 Å². The Balaban J connectivity index is 0.00000340. The van der Waals surface area contributed by atoms with Crippen LogP contribution in [0.15, 0.2) is 104 Å². The van der Waals surface area contributed by atoms with E-state index in [9.17, 15) is 14.3 Å². The zero-order valence-corrected chi connectivity index (χ0v) is 38.4. The molecule has 334 valence electrons. The molecule has 0 bridgehead atoms. The van der Waals surface area contributed by atoms with E-state index in [1.54, 1.807) is 43.6 Å². The van der Waals surface area contributed by atoms with Crippen LogP contribution in [-0.2, 0) is 17.8 Å². The first-order valence-electron chi connectivity index (χ1n) is 20.1. The van der Waals surface area contributed by atoms with Gasteiger partial charge in [-0.1, -0.05) is 60.1 Å². The lowest BCUT2D eigenvalue weighted by Crippen LogP contribution is -2.45. The Morgan fingerprint density at radius 1 is 0.875 bits per heavy atom. The van der Waals surface area contributed by atoms with Gasteiger partial charge in [0.25, 0.3) is 0 Å². The summed E-state index contributed by atoms with van der Waals surface area (Å²) in [4.78, 5) is 37.2. The molecule has 8 rings (SSSR count). The molecular weight excluding hydrogens is 902 g/mol. The Hall–Kier alpha value is -5.61. The number of aromatic nitrogens is 4. The Labute approximate surface area is 391 Å². The van der Waals surface area contributed by atoms with Crippen LogP contribution >= 0.6 is 47.8 Å². The van der Waals surface area contributed by atoms with Crippen molar-refractivity contribution in [3.63, 3.8) is 0 Å². The number of benzene rings is 4. The molecule has 1 atom stereocenters. The lowest BCUT2D eigenvalue weighted by molar-refractivity contribution is -0.145. The van der Waals surface area contributed by atoms with Crippen molar-refractivity contribution in [2.24, 2.45) is 0 Å².